The number of Topliss-reactive ketones (excluding diaryl/α,β-unsaturated/α-hetero) is 1. The van der Waals surface area contributed by atoms with Crippen molar-refractivity contribution < 1.29 is 9.21 Å². The highest BCUT2D eigenvalue weighted by molar-refractivity contribution is 9.10. The zero-order valence-electron chi connectivity index (χ0n) is 6.55. The average Bonchev–Trinajstić information content (AvgIpc) is 2.47. The molecule has 0 amide bonds. The molecule has 0 saturated heterocycles. The Kier molecular flexibility index (Phi) is 3.29. The average molecular weight is 229 g/mol. The molecule has 1 rings (SSSR count). The number of halogens is 1. The number of hydrogen-bond donors (Lipinski definition) is 0. The Morgan fingerprint density at radius 3 is 3.00 bits per heavy atom. The summed E-state index contributed by atoms with van der Waals surface area (Å²) in [6, 6.07) is 1.66. The van der Waals surface area contributed by atoms with Crippen molar-refractivity contribution in [2.75, 3.05) is 0 Å². The van der Waals surface area contributed by atoms with Crippen LogP contribution in [0.1, 0.15) is 23.2 Å². The van der Waals surface area contributed by atoms with Gasteiger partial charge in [-0.2, -0.15) is 0 Å². The van der Waals surface area contributed by atoms with Crippen molar-refractivity contribution in [1.29, 1.82) is 0 Å². The molecule has 3 heteroatoms. The topological polar surface area (TPSA) is 30.2 Å². The summed E-state index contributed by atoms with van der Waals surface area (Å²) < 4.78 is 5.45. The van der Waals surface area contributed by atoms with E-state index < -0.39 is 0 Å². The van der Waals surface area contributed by atoms with Gasteiger partial charge in [0, 0.05) is 6.42 Å². The Morgan fingerprint density at radius 1 is 1.75 bits per heavy atom. The maximum absolute atomic E-state index is 11.3. The van der Waals surface area contributed by atoms with Crippen LogP contribution >= 0.6 is 15.9 Å². The van der Waals surface area contributed by atoms with Crippen LogP contribution in [0.25, 0.3) is 0 Å². The Labute approximate surface area is 79.4 Å². The maximum atomic E-state index is 11.3. The van der Waals surface area contributed by atoms with E-state index in [1.807, 2.05) is 0 Å². The molecule has 1 heterocycles. The number of furan rings is 1. The first-order valence-corrected chi connectivity index (χ1v) is 4.42. The zero-order chi connectivity index (χ0) is 8.97. The molecule has 0 fully saturated rings. The number of allylic oxidation sites excluding steroid dienone is 1. The second-order valence-corrected chi connectivity index (χ2v) is 3.08. The van der Waals surface area contributed by atoms with Gasteiger partial charge in [0.2, 0.25) is 0 Å². The molecule has 12 heavy (non-hydrogen) atoms. The minimum Gasteiger partial charge on any atom is -0.457 e. The van der Waals surface area contributed by atoms with Crippen LogP contribution in [0.2, 0.25) is 0 Å². The molecule has 0 aliphatic rings. The molecule has 1 aromatic rings. The largest absolute Gasteiger partial charge is 0.457 e. The monoisotopic (exact) mass is 228 g/mol. The molecule has 0 radical (unpaired) electrons. The lowest BCUT2D eigenvalue weighted by atomic mass is 10.1. The van der Waals surface area contributed by atoms with Gasteiger partial charge in [-0.25, -0.2) is 0 Å². The third-order valence-electron chi connectivity index (χ3n) is 1.49. The van der Waals surface area contributed by atoms with Crippen molar-refractivity contribution in [2.45, 2.75) is 12.8 Å². The minimum atomic E-state index is 0.0792. The van der Waals surface area contributed by atoms with Gasteiger partial charge in [-0.3, -0.25) is 4.79 Å². The maximum Gasteiger partial charge on any atom is 0.179 e. The Hall–Kier alpha value is -0.830. The predicted molar refractivity (Wildman–Crippen MR) is 50.2 cm³/mol. The highest BCUT2D eigenvalue weighted by atomic mass is 79.9. The molecule has 0 spiro atoms. The molecule has 0 aromatic carbocycles. The van der Waals surface area contributed by atoms with E-state index in [-0.39, 0.29) is 5.78 Å². The van der Waals surface area contributed by atoms with Crippen LogP contribution in [0.15, 0.2) is 34.1 Å². The zero-order valence-corrected chi connectivity index (χ0v) is 8.13. The first-order valence-electron chi connectivity index (χ1n) is 3.62. The molecule has 1 aromatic heterocycles. The normalized spacial score (nSPS) is 9.75. The Balaban J connectivity index is 2.65. The van der Waals surface area contributed by atoms with Gasteiger partial charge in [0.25, 0.3) is 0 Å². The molecule has 0 saturated carbocycles. The van der Waals surface area contributed by atoms with E-state index in [0.29, 0.717) is 23.1 Å². The highest BCUT2D eigenvalue weighted by Gasteiger charge is 2.10. The molecule has 0 aliphatic heterocycles. The summed E-state index contributed by atoms with van der Waals surface area (Å²) in [6.07, 6.45) is 4.41. The van der Waals surface area contributed by atoms with Gasteiger partial charge in [0.1, 0.15) is 0 Å². The van der Waals surface area contributed by atoms with E-state index in [1.54, 1.807) is 12.1 Å². The van der Waals surface area contributed by atoms with Crippen LogP contribution in [0.4, 0.5) is 0 Å². The lowest BCUT2D eigenvalue weighted by molar-refractivity contribution is 0.0982. The summed E-state index contributed by atoms with van der Waals surface area (Å²) in [5.41, 5.74) is 0.608. The lowest BCUT2D eigenvalue weighted by Crippen LogP contribution is -1.96. The second-order valence-electron chi connectivity index (χ2n) is 2.36. The third kappa shape index (κ3) is 2.08. The van der Waals surface area contributed by atoms with Gasteiger partial charge < -0.3 is 4.42 Å². The van der Waals surface area contributed by atoms with E-state index in [4.69, 9.17) is 4.42 Å². The summed E-state index contributed by atoms with van der Waals surface area (Å²) in [5.74, 6) is 0.0792. The number of carbonyl (C=O) groups is 1. The summed E-state index contributed by atoms with van der Waals surface area (Å²) >= 11 is 3.15. The highest BCUT2D eigenvalue weighted by Crippen LogP contribution is 2.19. The standard InChI is InChI=1S/C9H9BrO2/c1-2-3-4-8(11)7-5-6-12-9(7)10/h2,5-6H,1,3-4H2. The fourth-order valence-corrected chi connectivity index (χ4v) is 1.32. The molecular weight excluding hydrogens is 220 g/mol. The van der Waals surface area contributed by atoms with E-state index in [0.717, 1.165) is 0 Å². The van der Waals surface area contributed by atoms with Crippen LogP contribution in [0.3, 0.4) is 0 Å². The fraction of sp³-hybridized carbons (Fsp3) is 0.222. The van der Waals surface area contributed by atoms with Crippen LogP contribution in [-0.2, 0) is 0 Å². The Bertz CT molecular complexity index is 288. The fourth-order valence-electron chi connectivity index (χ4n) is 0.861. The van der Waals surface area contributed by atoms with Gasteiger partial charge in [0.15, 0.2) is 10.5 Å². The smallest absolute Gasteiger partial charge is 0.179 e. The van der Waals surface area contributed by atoms with Gasteiger partial charge in [-0.15, -0.1) is 6.58 Å². The number of carbonyl (C=O) groups excluding carboxylic acids is 1. The van der Waals surface area contributed by atoms with Crippen molar-refractivity contribution in [1.82, 2.24) is 0 Å². The van der Waals surface area contributed by atoms with Crippen molar-refractivity contribution in [3.8, 4) is 0 Å². The molecule has 64 valence electrons. The van der Waals surface area contributed by atoms with E-state index in [9.17, 15) is 4.79 Å². The quantitative estimate of drug-likeness (QED) is 0.586. The van der Waals surface area contributed by atoms with Crippen LogP contribution in [0, 0.1) is 0 Å². The molecule has 0 N–H and O–H groups in total. The molecule has 0 bridgehead atoms. The van der Waals surface area contributed by atoms with Crippen LogP contribution < -0.4 is 0 Å². The van der Waals surface area contributed by atoms with Crippen LogP contribution in [-0.4, -0.2) is 5.78 Å². The summed E-state index contributed by atoms with van der Waals surface area (Å²) in [4.78, 5) is 11.3. The van der Waals surface area contributed by atoms with Gasteiger partial charge in [0.05, 0.1) is 11.8 Å². The van der Waals surface area contributed by atoms with Crippen molar-refractivity contribution in [3.05, 3.63) is 35.2 Å². The first kappa shape index (κ1) is 9.26. The molecular formula is C9H9BrO2. The van der Waals surface area contributed by atoms with Crippen molar-refractivity contribution in [3.63, 3.8) is 0 Å². The van der Waals surface area contributed by atoms with Gasteiger partial charge in [-0.05, 0) is 28.4 Å². The van der Waals surface area contributed by atoms with E-state index in [1.165, 1.54) is 6.26 Å². The number of hydrogen-bond acceptors (Lipinski definition) is 2. The summed E-state index contributed by atoms with van der Waals surface area (Å²) in [6.45, 7) is 3.55. The van der Waals surface area contributed by atoms with Crippen molar-refractivity contribution >= 4 is 21.7 Å². The predicted octanol–water partition coefficient (Wildman–Crippen LogP) is 3.19. The van der Waals surface area contributed by atoms with Gasteiger partial charge in [-0.1, -0.05) is 6.08 Å². The van der Waals surface area contributed by atoms with Crippen LogP contribution in [0.5, 0.6) is 0 Å². The molecule has 0 unspecified atom stereocenters. The SMILES string of the molecule is C=CCCC(=O)c1ccoc1Br. The molecule has 0 atom stereocenters. The molecule has 0 aliphatic carbocycles. The van der Waals surface area contributed by atoms with Crippen molar-refractivity contribution in [2.24, 2.45) is 0 Å². The summed E-state index contributed by atoms with van der Waals surface area (Å²) in [5, 5.41) is 0. The first-order chi connectivity index (χ1) is 5.75. The molecule has 2 nitrogen and oxygen atoms in total. The minimum absolute atomic E-state index is 0.0792. The van der Waals surface area contributed by atoms with Gasteiger partial charge >= 0.3 is 0 Å². The Morgan fingerprint density at radius 2 is 2.50 bits per heavy atom. The van der Waals surface area contributed by atoms with E-state index in [2.05, 4.69) is 22.5 Å². The number of rotatable bonds is 4. The number of ketones is 1. The summed E-state index contributed by atoms with van der Waals surface area (Å²) in [7, 11) is 0. The van der Waals surface area contributed by atoms with E-state index >= 15 is 0 Å². The third-order valence-corrected chi connectivity index (χ3v) is 2.11. The lowest BCUT2D eigenvalue weighted by Gasteiger charge is -1.93. The second kappa shape index (κ2) is 4.26.